The highest BCUT2D eigenvalue weighted by molar-refractivity contribution is 7.89. The number of nitrogen functional groups attached to an aromatic ring is 1. The lowest BCUT2D eigenvalue weighted by Crippen LogP contribution is -2.34. The van der Waals surface area contributed by atoms with Gasteiger partial charge in [-0.25, -0.2) is 24.2 Å². The second-order valence-electron chi connectivity index (χ2n) is 4.59. The van der Waals surface area contributed by atoms with Crippen LogP contribution < -0.4 is 11.3 Å². The first-order valence-electron chi connectivity index (χ1n) is 6.40. The first kappa shape index (κ1) is 14.2. The van der Waals surface area contributed by atoms with Crippen LogP contribution in [-0.4, -0.2) is 35.3 Å². The molecule has 106 valence electrons. The maximum atomic E-state index is 12.5. The van der Waals surface area contributed by atoms with Crippen LogP contribution in [0.1, 0.15) is 32.6 Å². The van der Waals surface area contributed by atoms with E-state index in [2.05, 4.69) is 15.4 Å². The van der Waals surface area contributed by atoms with Gasteiger partial charge in [-0.3, -0.25) is 5.43 Å². The van der Waals surface area contributed by atoms with Crippen LogP contribution in [0.5, 0.6) is 0 Å². The Morgan fingerprint density at radius 1 is 1.42 bits per heavy atom. The van der Waals surface area contributed by atoms with Gasteiger partial charge in [0, 0.05) is 12.6 Å². The molecule has 0 spiro atoms. The lowest BCUT2D eigenvalue weighted by Gasteiger charge is -2.21. The Kier molecular flexibility index (Phi) is 4.33. The number of nitrogens with zero attached hydrogens (tertiary/aromatic N) is 3. The van der Waals surface area contributed by atoms with Crippen molar-refractivity contribution in [3.05, 3.63) is 12.4 Å². The molecule has 1 fully saturated rings. The number of unbranched alkanes of at least 4 members (excludes halogenated alkanes) is 1. The summed E-state index contributed by atoms with van der Waals surface area (Å²) in [4.78, 5) is 7.83. The van der Waals surface area contributed by atoms with Crippen LogP contribution in [0, 0.1) is 0 Å². The third kappa shape index (κ3) is 3.20. The highest BCUT2D eigenvalue weighted by atomic mass is 32.2. The van der Waals surface area contributed by atoms with Gasteiger partial charge in [-0.2, -0.15) is 4.31 Å². The molecule has 0 aromatic carbocycles. The number of aromatic nitrogens is 2. The minimum absolute atomic E-state index is 0.120. The van der Waals surface area contributed by atoms with Gasteiger partial charge in [-0.05, 0) is 19.3 Å². The molecule has 3 N–H and O–H groups in total. The zero-order chi connectivity index (χ0) is 13.9. The van der Waals surface area contributed by atoms with Gasteiger partial charge in [0.15, 0.2) is 0 Å². The predicted octanol–water partition coefficient (Wildman–Crippen LogP) is 0.715. The lowest BCUT2D eigenvalue weighted by atomic mass is 10.3. The third-order valence-electron chi connectivity index (χ3n) is 3.05. The molecule has 1 aromatic rings. The summed E-state index contributed by atoms with van der Waals surface area (Å²) >= 11 is 0. The quantitative estimate of drug-likeness (QED) is 0.565. The van der Waals surface area contributed by atoms with Crippen LogP contribution in [0.4, 0.5) is 5.95 Å². The fourth-order valence-electron chi connectivity index (χ4n) is 1.83. The number of hydrazine groups is 1. The average molecular weight is 285 g/mol. The molecule has 0 aliphatic heterocycles. The van der Waals surface area contributed by atoms with Gasteiger partial charge in [0.05, 0.1) is 12.4 Å². The van der Waals surface area contributed by atoms with Gasteiger partial charge in [-0.15, -0.1) is 0 Å². The Morgan fingerprint density at radius 3 is 2.53 bits per heavy atom. The molecule has 2 rings (SSSR count). The van der Waals surface area contributed by atoms with E-state index in [1.54, 1.807) is 4.31 Å². The highest BCUT2D eigenvalue weighted by Gasteiger charge is 2.37. The summed E-state index contributed by atoms with van der Waals surface area (Å²) in [6, 6.07) is 0.142. The highest BCUT2D eigenvalue weighted by Crippen LogP contribution is 2.32. The summed E-state index contributed by atoms with van der Waals surface area (Å²) in [6.45, 7) is 2.60. The SMILES string of the molecule is CCCCN(C1CC1)S(=O)(=O)c1cnc(NN)nc1. The van der Waals surface area contributed by atoms with E-state index >= 15 is 0 Å². The molecule has 19 heavy (non-hydrogen) atoms. The van der Waals surface area contributed by atoms with Crippen LogP contribution in [0.15, 0.2) is 17.3 Å². The number of sulfonamides is 1. The van der Waals surface area contributed by atoms with Gasteiger partial charge in [0.2, 0.25) is 16.0 Å². The largest absolute Gasteiger partial charge is 0.292 e. The van der Waals surface area contributed by atoms with E-state index in [0.29, 0.717) is 6.54 Å². The molecule has 0 unspecified atom stereocenters. The second-order valence-corrected chi connectivity index (χ2v) is 6.48. The number of hydrogen-bond donors (Lipinski definition) is 2. The minimum Gasteiger partial charge on any atom is -0.292 e. The van der Waals surface area contributed by atoms with Crippen molar-refractivity contribution in [2.75, 3.05) is 12.0 Å². The van der Waals surface area contributed by atoms with E-state index in [1.165, 1.54) is 12.4 Å². The van der Waals surface area contributed by atoms with E-state index in [0.717, 1.165) is 25.7 Å². The summed E-state index contributed by atoms with van der Waals surface area (Å²) in [5.41, 5.74) is 2.27. The average Bonchev–Trinajstić information content (AvgIpc) is 3.23. The van der Waals surface area contributed by atoms with Crippen molar-refractivity contribution in [1.29, 1.82) is 0 Å². The van der Waals surface area contributed by atoms with E-state index in [4.69, 9.17) is 5.84 Å². The molecule has 0 atom stereocenters. The van der Waals surface area contributed by atoms with Crippen LogP contribution in [0.2, 0.25) is 0 Å². The Morgan fingerprint density at radius 2 is 2.05 bits per heavy atom. The van der Waals surface area contributed by atoms with Gasteiger partial charge in [0.25, 0.3) is 0 Å². The number of nitrogens with two attached hydrogens (primary N) is 1. The lowest BCUT2D eigenvalue weighted by molar-refractivity contribution is 0.395. The first-order chi connectivity index (χ1) is 9.09. The summed E-state index contributed by atoms with van der Waals surface area (Å²) in [5, 5.41) is 0. The molecule has 1 heterocycles. The Labute approximate surface area is 113 Å². The van der Waals surface area contributed by atoms with E-state index in [9.17, 15) is 8.42 Å². The molecule has 0 saturated heterocycles. The van der Waals surface area contributed by atoms with Crippen molar-refractivity contribution in [1.82, 2.24) is 14.3 Å². The molecule has 0 amide bonds. The summed E-state index contributed by atoms with van der Waals surface area (Å²) in [5.74, 6) is 5.36. The van der Waals surface area contributed by atoms with Crippen LogP contribution in [0.25, 0.3) is 0 Å². The fraction of sp³-hybridized carbons (Fsp3) is 0.636. The molecule has 1 aromatic heterocycles. The molecular formula is C11H19N5O2S. The van der Waals surface area contributed by atoms with Crippen molar-refractivity contribution in [3.63, 3.8) is 0 Å². The minimum atomic E-state index is -3.50. The third-order valence-corrected chi connectivity index (χ3v) is 4.95. The number of nitrogens with one attached hydrogen (secondary N) is 1. The smallest absolute Gasteiger partial charge is 0.246 e. The normalized spacial score (nSPS) is 15.7. The van der Waals surface area contributed by atoms with Crippen molar-refractivity contribution >= 4 is 16.0 Å². The predicted molar refractivity (Wildman–Crippen MR) is 71.7 cm³/mol. The monoisotopic (exact) mass is 285 g/mol. The van der Waals surface area contributed by atoms with Crippen molar-refractivity contribution < 1.29 is 8.42 Å². The number of anilines is 1. The van der Waals surface area contributed by atoms with Crippen LogP contribution >= 0.6 is 0 Å². The molecule has 0 radical (unpaired) electrons. The molecule has 1 saturated carbocycles. The van der Waals surface area contributed by atoms with Crippen LogP contribution in [0.3, 0.4) is 0 Å². The summed E-state index contributed by atoms with van der Waals surface area (Å²) in [6.07, 6.45) is 6.28. The Hall–Kier alpha value is -1.25. The zero-order valence-electron chi connectivity index (χ0n) is 10.9. The summed E-state index contributed by atoms with van der Waals surface area (Å²) in [7, 11) is -3.50. The number of hydrogen-bond acceptors (Lipinski definition) is 6. The molecule has 8 heteroatoms. The first-order valence-corrected chi connectivity index (χ1v) is 7.84. The topological polar surface area (TPSA) is 101 Å². The van der Waals surface area contributed by atoms with Crippen molar-refractivity contribution in [2.45, 2.75) is 43.5 Å². The fourth-order valence-corrected chi connectivity index (χ4v) is 3.45. The summed E-state index contributed by atoms with van der Waals surface area (Å²) < 4.78 is 26.6. The van der Waals surface area contributed by atoms with Gasteiger partial charge < -0.3 is 0 Å². The zero-order valence-corrected chi connectivity index (χ0v) is 11.7. The van der Waals surface area contributed by atoms with Gasteiger partial charge in [-0.1, -0.05) is 13.3 Å². The molecule has 1 aliphatic rings. The Bertz CT molecular complexity index is 512. The standard InChI is InChI=1S/C11H19N5O2S/c1-2-3-6-16(9-4-5-9)19(17,18)10-7-13-11(15-12)14-8-10/h7-9H,2-6,12H2,1H3,(H,13,14,15). The van der Waals surface area contributed by atoms with Gasteiger partial charge in [0.1, 0.15) is 4.90 Å². The van der Waals surface area contributed by atoms with E-state index < -0.39 is 10.0 Å². The van der Waals surface area contributed by atoms with Crippen molar-refractivity contribution in [2.24, 2.45) is 5.84 Å². The van der Waals surface area contributed by atoms with E-state index in [1.807, 2.05) is 6.92 Å². The Balaban J connectivity index is 2.22. The number of rotatable bonds is 7. The van der Waals surface area contributed by atoms with Crippen LogP contribution in [-0.2, 0) is 10.0 Å². The maximum Gasteiger partial charge on any atom is 0.246 e. The molecular weight excluding hydrogens is 266 g/mol. The van der Waals surface area contributed by atoms with E-state index in [-0.39, 0.29) is 16.9 Å². The maximum absolute atomic E-state index is 12.5. The van der Waals surface area contributed by atoms with Crippen molar-refractivity contribution in [3.8, 4) is 0 Å². The second kappa shape index (κ2) is 5.81. The van der Waals surface area contributed by atoms with Gasteiger partial charge >= 0.3 is 0 Å². The molecule has 0 bridgehead atoms. The molecule has 1 aliphatic carbocycles. The molecule has 7 nitrogen and oxygen atoms in total.